The second-order valence-corrected chi connectivity index (χ2v) is 6.14. The Bertz CT molecular complexity index is 774. The van der Waals surface area contributed by atoms with Crippen LogP contribution in [0.1, 0.15) is 12.7 Å². The van der Waals surface area contributed by atoms with Crippen LogP contribution in [0.5, 0.6) is 0 Å². The Morgan fingerprint density at radius 3 is 2.50 bits per heavy atom. The number of amides is 1. The first kappa shape index (κ1) is 24.1. The van der Waals surface area contributed by atoms with Gasteiger partial charge in [-0.2, -0.15) is 13.2 Å². The third-order valence-corrected chi connectivity index (χ3v) is 3.77. The molecule has 0 saturated carbocycles. The van der Waals surface area contributed by atoms with E-state index in [-0.39, 0.29) is 30.5 Å². The number of nitrogens with zero attached hydrogens (tertiary/aromatic N) is 3. The van der Waals surface area contributed by atoms with E-state index >= 15 is 0 Å². The van der Waals surface area contributed by atoms with Gasteiger partial charge in [0.05, 0.1) is 6.54 Å². The summed E-state index contributed by atoms with van der Waals surface area (Å²) in [5.41, 5.74) is 0.770. The fourth-order valence-electron chi connectivity index (χ4n) is 2.51. The smallest absolute Gasteiger partial charge is 0.406 e. The van der Waals surface area contributed by atoms with E-state index in [1.54, 1.807) is 11.9 Å². The number of hydrogen-bond donors (Lipinski definition) is 1. The molecule has 1 amide bonds. The summed E-state index contributed by atoms with van der Waals surface area (Å²) in [5, 5.41) is 4.00. The van der Waals surface area contributed by atoms with Gasteiger partial charge in [-0.15, -0.1) is 24.0 Å². The predicted octanol–water partition coefficient (Wildman–Crippen LogP) is 3.47. The topological polar surface area (TPSA) is 61.1 Å². The number of rotatable bonds is 6. The van der Waals surface area contributed by atoms with Gasteiger partial charge >= 0.3 is 6.18 Å². The molecule has 0 aliphatic heterocycles. The summed E-state index contributed by atoms with van der Waals surface area (Å²) in [6, 6.07) is 9.52. The molecule has 0 spiro atoms. The van der Waals surface area contributed by atoms with Gasteiger partial charge in [0, 0.05) is 26.0 Å². The molecule has 1 aromatic heterocycles. The normalized spacial score (nSPS) is 11.9. The summed E-state index contributed by atoms with van der Waals surface area (Å²) >= 11 is 0. The van der Waals surface area contributed by atoms with E-state index < -0.39 is 18.6 Å². The van der Waals surface area contributed by atoms with Crippen LogP contribution in [0, 0.1) is 0 Å². The van der Waals surface area contributed by atoms with Crippen molar-refractivity contribution in [1.29, 1.82) is 0 Å². The van der Waals surface area contributed by atoms with Crippen molar-refractivity contribution in [3.63, 3.8) is 0 Å². The van der Waals surface area contributed by atoms with Crippen LogP contribution in [0.15, 0.2) is 39.7 Å². The highest BCUT2D eigenvalue weighted by molar-refractivity contribution is 14.0. The molecule has 1 aromatic carbocycles. The van der Waals surface area contributed by atoms with Crippen LogP contribution in [0.25, 0.3) is 11.0 Å². The largest absolute Gasteiger partial charge is 0.459 e. The molecule has 0 aliphatic carbocycles. The number of likely N-dealkylation sites (N-methyl/N-ethyl adjacent to an activating group) is 1. The van der Waals surface area contributed by atoms with E-state index in [0.29, 0.717) is 29.7 Å². The first-order valence-corrected chi connectivity index (χ1v) is 8.47. The molecule has 28 heavy (non-hydrogen) atoms. The van der Waals surface area contributed by atoms with Crippen molar-refractivity contribution in [2.75, 3.05) is 33.7 Å². The van der Waals surface area contributed by atoms with Gasteiger partial charge < -0.3 is 19.5 Å². The number of benzene rings is 1. The number of carbonyl (C=O) groups is 1. The molecule has 2 rings (SSSR count). The molecule has 1 N–H and O–H groups in total. The van der Waals surface area contributed by atoms with E-state index in [1.165, 1.54) is 0 Å². The minimum absolute atomic E-state index is 0. The highest BCUT2D eigenvalue weighted by atomic mass is 127. The number of para-hydroxylation sites is 1. The fourth-order valence-corrected chi connectivity index (χ4v) is 2.51. The van der Waals surface area contributed by atoms with Crippen molar-refractivity contribution in [2.24, 2.45) is 4.99 Å². The Morgan fingerprint density at radius 2 is 1.89 bits per heavy atom. The van der Waals surface area contributed by atoms with Crippen molar-refractivity contribution < 1.29 is 22.4 Å². The SMILES string of the molecule is CCNC(=NCC(=O)N(C)CC(F)(F)F)N(C)Cc1cc2ccccc2o1.I. The van der Waals surface area contributed by atoms with Crippen molar-refractivity contribution in [3.05, 3.63) is 36.1 Å². The monoisotopic (exact) mass is 512 g/mol. The van der Waals surface area contributed by atoms with Gasteiger partial charge in [0.25, 0.3) is 0 Å². The lowest BCUT2D eigenvalue weighted by Gasteiger charge is -2.22. The van der Waals surface area contributed by atoms with Gasteiger partial charge in [-0.3, -0.25) is 4.79 Å². The van der Waals surface area contributed by atoms with Gasteiger partial charge in [-0.25, -0.2) is 4.99 Å². The minimum atomic E-state index is -4.43. The molecule has 2 aromatic rings. The van der Waals surface area contributed by atoms with Crippen LogP contribution in [0.3, 0.4) is 0 Å². The Balaban J connectivity index is 0.00000392. The second-order valence-electron chi connectivity index (χ2n) is 6.14. The summed E-state index contributed by atoms with van der Waals surface area (Å²) in [5.74, 6) is 0.413. The molecule has 156 valence electrons. The minimum Gasteiger partial charge on any atom is -0.459 e. The van der Waals surface area contributed by atoms with Crippen LogP contribution < -0.4 is 5.32 Å². The van der Waals surface area contributed by atoms with E-state index in [4.69, 9.17) is 4.42 Å². The summed E-state index contributed by atoms with van der Waals surface area (Å²) in [7, 11) is 2.87. The molecule has 0 bridgehead atoms. The lowest BCUT2D eigenvalue weighted by Crippen LogP contribution is -2.40. The number of guanidine groups is 1. The maximum Gasteiger partial charge on any atom is 0.406 e. The van der Waals surface area contributed by atoms with E-state index in [0.717, 1.165) is 18.0 Å². The zero-order valence-electron chi connectivity index (χ0n) is 15.9. The number of carbonyl (C=O) groups excluding carboxylic acids is 1. The highest BCUT2D eigenvalue weighted by Gasteiger charge is 2.31. The number of aliphatic imine (C=N–C) groups is 1. The van der Waals surface area contributed by atoms with Gasteiger partial charge in [0.15, 0.2) is 5.96 Å². The lowest BCUT2D eigenvalue weighted by molar-refractivity contribution is -0.157. The molecule has 6 nitrogen and oxygen atoms in total. The molecule has 10 heteroatoms. The van der Waals surface area contributed by atoms with E-state index in [2.05, 4.69) is 10.3 Å². The number of fused-ring (bicyclic) bond motifs is 1. The zero-order valence-corrected chi connectivity index (χ0v) is 18.2. The first-order valence-electron chi connectivity index (χ1n) is 8.47. The van der Waals surface area contributed by atoms with Crippen molar-refractivity contribution in [1.82, 2.24) is 15.1 Å². The van der Waals surface area contributed by atoms with Crippen LogP contribution in [0.4, 0.5) is 13.2 Å². The summed E-state index contributed by atoms with van der Waals surface area (Å²) in [6.07, 6.45) is -4.43. The molecule has 0 atom stereocenters. The molecule has 0 aliphatic rings. The first-order chi connectivity index (χ1) is 12.7. The van der Waals surface area contributed by atoms with E-state index in [9.17, 15) is 18.0 Å². The number of hydrogen-bond acceptors (Lipinski definition) is 3. The van der Waals surface area contributed by atoms with Crippen molar-refractivity contribution in [3.8, 4) is 0 Å². The van der Waals surface area contributed by atoms with Gasteiger partial charge in [-0.1, -0.05) is 18.2 Å². The molecule has 1 heterocycles. The van der Waals surface area contributed by atoms with Crippen LogP contribution in [-0.4, -0.2) is 61.6 Å². The van der Waals surface area contributed by atoms with Gasteiger partial charge in [0.2, 0.25) is 5.91 Å². The van der Waals surface area contributed by atoms with E-state index in [1.807, 2.05) is 37.3 Å². The predicted molar refractivity (Wildman–Crippen MR) is 113 cm³/mol. The molecule has 0 radical (unpaired) electrons. The summed E-state index contributed by atoms with van der Waals surface area (Å²) < 4.78 is 42.9. The van der Waals surface area contributed by atoms with Crippen LogP contribution >= 0.6 is 24.0 Å². The molecule has 0 saturated heterocycles. The van der Waals surface area contributed by atoms with Crippen LogP contribution in [-0.2, 0) is 11.3 Å². The van der Waals surface area contributed by atoms with Gasteiger partial charge in [0.1, 0.15) is 24.4 Å². The quantitative estimate of drug-likeness (QED) is 0.366. The Hall–Kier alpha value is -1.98. The van der Waals surface area contributed by atoms with Gasteiger partial charge in [-0.05, 0) is 19.1 Å². The lowest BCUT2D eigenvalue weighted by atomic mass is 10.2. The Morgan fingerprint density at radius 1 is 1.21 bits per heavy atom. The average Bonchev–Trinajstić information content (AvgIpc) is 2.98. The summed E-state index contributed by atoms with van der Waals surface area (Å²) in [6.45, 7) is 1.14. The number of furan rings is 1. The number of alkyl halides is 3. The maximum absolute atomic E-state index is 12.4. The summed E-state index contributed by atoms with van der Waals surface area (Å²) in [4.78, 5) is 18.4. The zero-order chi connectivity index (χ0) is 20.0. The number of nitrogens with one attached hydrogen (secondary N) is 1. The maximum atomic E-state index is 12.4. The third-order valence-electron chi connectivity index (χ3n) is 3.77. The second kappa shape index (κ2) is 10.5. The number of halogens is 4. The van der Waals surface area contributed by atoms with Crippen molar-refractivity contribution >= 4 is 46.8 Å². The fraction of sp³-hybridized carbons (Fsp3) is 0.444. The molecule has 0 fully saturated rings. The Labute approximate surface area is 178 Å². The molecular weight excluding hydrogens is 488 g/mol. The molecule has 0 unspecified atom stereocenters. The van der Waals surface area contributed by atoms with Crippen LogP contribution in [0.2, 0.25) is 0 Å². The van der Waals surface area contributed by atoms with Crippen molar-refractivity contribution in [2.45, 2.75) is 19.6 Å². The Kier molecular flexibility index (Phi) is 9.05. The third kappa shape index (κ3) is 7.21. The highest BCUT2D eigenvalue weighted by Crippen LogP contribution is 2.19. The molecular formula is C18H24F3IN4O2. The standard InChI is InChI=1S/C18H23F3N4O2.HI/c1-4-22-17(23-10-16(26)25(3)12-18(19,20)21)24(2)11-14-9-13-7-5-6-8-15(13)27-14;/h5-9H,4,10-12H2,1-3H3,(H,22,23);1H. The average molecular weight is 512 g/mol.